The third-order valence-electron chi connectivity index (χ3n) is 5.64. The van der Waals surface area contributed by atoms with Crippen molar-refractivity contribution >= 4 is 22.8 Å². The molecule has 7 heteroatoms. The number of imidazole rings is 1. The van der Waals surface area contributed by atoms with Crippen LogP contribution in [0.25, 0.3) is 11.0 Å². The van der Waals surface area contributed by atoms with Crippen molar-refractivity contribution in [1.29, 1.82) is 0 Å². The second kappa shape index (κ2) is 7.05. The number of carbonyl (C=O) groups excluding carboxylic acids is 2. The van der Waals surface area contributed by atoms with Gasteiger partial charge in [-0.05, 0) is 31.7 Å². The van der Waals surface area contributed by atoms with Gasteiger partial charge in [0.2, 0.25) is 11.8 Å². The largest absolute Gasteiger partial charge is 0.342 e. The van der Waals surface area contributed by atoms with Crippen LogP contribution in [0.15, 0.2) is 18.5 Å². The Labute approximate surface area is 152 Å². The summed E-state index contributed by atoms with van der Waals surface area (Å²) in [5.74, 6) is 1.37. The number of nitrogens with one attached hydrogen (secondary N) is 1. The zero-order valence-corrected chi connectivity index (χ0v) is 15.1. The number of pyridine rings is 1. The van der Waals surface area contributed by atoms with Gasteiger partial charge >= 0.3 is 0 Å². The lowest BCUT2D eigenvalue weighted by Crippen LogP contribution is -2.48. The number of aromatic nitrogens is 3. The number of hydrogen-bond donors (Lipinski definition) is 1. The molecule has 2 amide bonds. The number of hydrogen-bond acceptors (Lipinski definition) is 4. The maximum Gasteiger partial charge on any atom is 0.227 e. The first-order valence-electron chi connectivity index (χ1n) is 9.46. The molecule has 2 unspecified atom stereocenters. The van der Waals surface area contributed by atoms with E-state index >= 15 is 0 Å². The fraction of sp³-hybridized carbons (Fsp3) is 0.579. The molecule has 1 N–H and O–H groups in total. The molecule has 138 valence electrons. The van der Waals surface area contributed by atoms with E-state index in [9.17, 15) is 9.59 Å². The molecular weight excluding hydrogens is 330 g/mol. The van der Waals surface area contributed by atoms with E-state index in [0.717, 1.165) is 55.6 Å². The first kappa shape index (κ1) is 17.0. The van der Waals surface area contributed by atoms with Crippen molar-refractivity contribution in [1.82, 2.24) is 24.8 Å². The van der Waals surface area contributed by atoms with Gasteiger partial charge in [0.05, 0.1) is 23.1 Å². The van der Waals surface area contributed by atoms with Gasteiger partial charge in [-0.1, -0.05) is 0 Å². The molecule has 4 heterocycles. The molecule has 2 saturated heterocycles. The van der Waals surface area contributed by atoms with Crippen LogP contribution >= 0.6 is 0 Å². The van der Waals surface area contributed by atoms with Gasteiger partial charge in [-0.2, -0.15) is 0 Å². The van der Waals surface area contributed by atoms with Crippen LogP contribution in [0.3, 0.4) is 0 Å². The van der Waals surface area contributed by atoms with Crippen LogP contribution in [0, 0.1) is 5.92 Å². The number of aromatic amines is 1. The van der Waals surface area contributed by atoms with E-state index in [1.807, 2.05) is 11.0 Å². The van der Waals surface area contributed by atoms with Gasteiger partial charge in [0, 0.05) is 45.2 Å². The molecule has 7 nitrogen and oxygen atoms in total. The van der Waals surface area contributed by atoms with E-state index in [2.05, 4.69) is 9.97 Å². The molecule has 0 aliphatic carbocycles. The van der Waals surface area contributed by atoms with Crippen LogP contribution in [0.2, 0.25) is 0 Å². The number of carbonyl (C=O) groups is 2. The molecule has 2 fully saturated rings. The van der Waals surface area contributed by atoms with Crippen LogP contribution in [0.4, 0.5) is 0 Å². The quantitative estimate of drug-likeness (QED) is 0.892. The van der Waals surface area contributed by atoms with Crippen molar-refractivity contribution in [3.8, 4) is 0 Å². The average Bonchev–Trinajstić information content (AvgIpc) is 3.12. The Morgan fingerprint density at radius 2 is 1.96 bits per heavy atom. The maximum absolute atomic E-state index is 13.0. The molecule has 2 aromatic heterocycles. The molecule has 0 saturated carbocycles. The predicted octanol–water partition coefficient (Wildman–Crippen LogP) is 1.92. The van der Waals surface area contributed by atoms with Crippen molar-refractivity contribution in [3.05, 3.63) is 24.3 Å². The van der Waals surface area contributed by atoms with Crippen molar-refractivity contribution in [2.45, 2.75) is 38.5 Å². The second-order valence-corrected chi connectivity index (χ2v) is 7.44. The Morgan fingerprint density at radius 1 is 1.15 bits per heavy atom. The number of rotatable bonds is 2. The lowest BCUT2D eigenvalue weighted by molar-refractivity contribution is -0.141. The van der Waals surface area contributed by atoms with Gasteiger partial charge in [0.15, 0.2) is 0 Å². The molecule has 2 atom stereocenters. The molecule has 4 rings (SSSR count). The summed E-state index contributed by atoms with van der Waals surface area (Å²) < 4.78 is 0. The van der Waals surface area contributed by atoms with Gasteiger partial charge in [0.25, 0.3) is 0 Å². The summed E-state index contributed by atoms with van der Waals surface area (Å²) >= 11 is 0. The Kier molecular flexibility index (Phi) is 4.61. The van der Waals surface area contributed by atoms with Gasteiger partial charge in [0.1, 0.15) is 5.82 Å². The molecule has 2 aliphatic rings. The highest BCUT2D eigenvalue weighted by Gasteiger charge is 2.33. The number of likely N-dealkylation sites (tertiary alicyclic amines) is 2. The number of amides is 2. The lowest BCUT2D eigenvalue weighted by atomic mass is 9.92. The standard InChI is InChI=1S/C19H25N5O2/c1-13(25)23-8-3-5-15(12-23)19(26)24-9-2-4-14(11-24)18-21-16-6-7-20-10-17(16)22-18/h6-7,10,14-15H,2-5,8-9,11-12H2,1H3,(H,21,22). The molecule has 26 heavy (non-hydrogen) atoms. The first-order chi connectivity index (χ1) is 12.6. The van der Waals surface area contributed by atoms with Crippen molar-refractivity contribution in [2.24, 2.45) is 5.92 Å². The molecule has 0 bridgehead atoms. The minimum absolute atomic E-state index is 0.0636. The summed E-state index contributed by atoms with van der Waals surface area (Å²) in [6, 6.07) is 1.90. The van der Waals surface area contributed by atoms with Gasteiger partial charge in [-0.15, -0.1) is 0 Å². The summed E-state index contributed by atoms with van der Waals surface area (Å²) in [5, 5.41) is 0. The van der Waals surface area contributed by atoms with Crippen molar-refractivity contribution < 1.29 is 9.59 Å². The topological polar surface area (TPSA) is 82.2 Å². The predicted molar refractivity (Wildman–Crippen MR) is 97.4 cm³/mol. The second-order valence-electron chi connectivity index (χ2n) is 7.44. The smallest absolute Gasteiger partial charge is 0.227 e. The van der Waals surface area contributed by atoms with Gasteiger partial charge in [-0.3, -0.25) is 14.6 Å². The Balaban J connectivity index is 1.46. The van der Waals surface area contributed by atoms with Crippen LogP contribution in [0.1, 0.15) is 44.3 Å². The number of H-pyrrole nitrogens is 1. The van der Waals surface area contributed by atoms with E-state index in [-0.39, 0.29) is 23.7 Å². The summed E-state index contributed by atoms with van der Waals surface area (Å²) in [6.45, 7) is 4.41. The van der Waals surface area contributed by atoms with E-state index < -0.39 is 0 Å². The fourth-order valence-corrected chi connectivity index (χ4v) is 4.19. The van der Waals surface area contributed by atoms with E-state index in [0.29, 0.717) is 13.1 Å². The summed E-state index contributed by atoms with van der Waals surface area (Å²) in [7, 11) is 0. The average molecular weight is 355 g/mol. The minimum atomic E-state index is -0.0636. The highest BCUT2D eigenvalue weighted by atomic mass is 16.2. The zero-order valence-electron chi connectivity index (χ0n) is 15.1. The van der Waals surface area contributed by atoms with E-state index in [4.69, 9.17) is 4.98 Å². The maximum atomic E-state index is 13.0. The highest BCUT2D eigenvalue weighted by Crippen LogP contribution is 2.28. The van der Waals surface area contributed by atoms with E-state index in [1.54, 1.807) is 24.2 Å². The molecule has 0 aromatic carbocycles. The Hall–Kier alpha value is -2.44. The summed E-state index contributed by atoms with van der Waals surface area (Å²) in [6.07, 6.45) is 7.32. The first-order valence-corrected chi connectivity index (χ1v) is 9.46. The fourth-order valence-electron chi connectivity index (χ4n) is 4.19. The lowest BCUT2D eigenvalue weighted by Gasteiger charge is -2.37. The SMILES string of the molecule is CC(=O)N1CCCC(C(=O)N2CCCC(c3nc4ccncc4[nH]3)C2)C1. The molecule has 2 aromatic rings. The minimum Gasteiger partial charge on any atom is -0.342 e. The normalized spacial score (nSPS) is 24.0. The monoisotopic (exact) mass is 355 g/mol. The number of piperidine rings is 2. The number of fused-ring (bicyclic) bond motifs is 1. The van der Waals surface area contributed by atoms with Crippen molar-refractivity contribution in [3.63, 3.8) is 0 Å². The molecular formula is C19H25N5O2. The summed E-state index contributed by atoms with van der Waals surface area (Å²) in [4.78, 5) is 40.6. The third-order valence-corrected chi connectivity index (χ3v) is 5.64. The molecule has 0 radical (unpaired) electrons. The third kappa shape index (κ3) is 3.30. The van der Waals surface area contributed by atoms with Crippen LogP contribution in [-0.2, 0) is 9.59 Å². The summed E-state index contributed by atoms with van der Waals surface area (Å²) in [5.41, 5.74) is 1.86. The van der Waals surface area contributed by atoms with Gasteiger partial charge in [-0.25, -0.2) is 4.98 Å². The van der Waals surface area contributed by atoms with Crippen molar-refractivity contribution in [2.75, 3.05) is 26.2 Å². The molecule has 2 aliphatic heterocycles. The van der Waals surface area contributed by atoms with Crippen LogP contribution in [0.5, 0.6) is 0 Å². The highest BCUT2D eigenvalue weighted by molar-refractivity contribution is 5.81. The van der Waals surface area contributed by atoms with Crippen LogP contribution in [-0.4, -0.2) is 62.7 Å². The number of nitrogens with zero attached hydrogens (tertiary/aromatic N) is 4. The molecule has 0 spiro atoms. The van der Waals surface area contributed by atoms with Gasteiger partial charge < -0.3 is 14.8 Å². The Bertz CT molecular complexity index is 784. The zero-order chi connectivity index (χ0) is 18.1. The van der Waals surface area contributed by atoms with Crippen LogP contribution < -0.4 is 0 Å². The van der Waals surface area contributed by atoms with E-state index in [1.165, 1.54) is 0 Å². The Morgan fingerprint density at radius 3 is 2.77 bits per heavy atom.